The van der Waals surface area contributed by atoms with E-state index in [9.17, 15) is 18.0 Å². The Bertz CT molecular complexity index is 591. The third kappa shape index (κ3) is 1.55. The van der Waals surface area contributed by atoms with E-state index in [2.05, 4.69) is 0 Å². The van der Waals surface area contributed by atoms with Crippen LogP contribution in [0.1, 0.15) is 6.42 Å². The molecule has 0 amide bonds. The number of nitrogens with one attached hydrogen (secondary N) is 1. The zero-order chi connectivity index (χ0) is 14.6. The minimum atomic E-state index is -5.44. The van der Waals surface area contributed by atoms with Crippen molar-refractivity contribution in [1.82, 2.24) is 0 Å². The average molecular weight is 289 g/mol. The molecule has 0 heterocycles. The number of hydrogen-bond donors (Lipinski definition) is 4. The Hall–Kier alpha value is -1.74. The van der Waals surface area contributed by atoms with Crippen LogP contribution in [0, 0.1) is 23.2 Å². The van der Waals surface area contributed by atoms with Crippen LogP contribution < -0.4 is 0 Å². The van der Waals surface area contributed by atoms with Crippen molar-refractivity contribution in [3.63, 3.8) is 0 Å². The topological polar surface area (TPSA) is 153 Å². The molecule has 0 aromatic rings. The molecule has 2 aliphatic carbocycles. The fourth-order valence-corrected chi connectivity index (χ4v) is 3.99. The van der Waals surface area contributed by atoms with Gasteiger partial charge in [-0.15, -0.1) is 0 Å². The molecular weight excluding hydrogens is 278 g/mol. The molecular formula is C10H11NO7S. The number of rotatable bonds is 4. The predicted molar refractivity (Wildman–Crippen MR) is 61.5 cm³/mol. The van der Waals surface area contributed by atoms with Gasteiger partial charge in [0, 0.05) is 17.5 Å². The first-order valence-corrected chi connectivity index (χ1v) is 6.78. The van der Waals surface area contributed by atoms with Crippen LogP contribution in [0.25, 0.3) is 0 Å². The lowest BCUT2D eigenvalue weighted by Gasteiger charge is -2.31. The lowest BCUT2D eigenvalue weighted by atomic mass is 9.80. The van der Waals surface area contributed by atoms with E-state index >= 15 is 0 Å². The first-order valence-electron chi connectivity index (χ1n) is 5.34. The van der Waals surface area contributed by atoms with Crippen LogP contribution in [0.3, 0.4) is 0 Å². The summed E-state index contributed by atoms with van der Waals surface area (Å²) in [4.78, 5) is 22.6. The van der Waals surface area contributed by atoms with E-state index in [4.69, 9.17) is 20.2 Å². The first kappa shape index (κ1) is 13.7. The van der Waals surface area contributed by atoms with Gasteiger partial charge in [-0.25, -0.2) is 9.59 Å². The van der Waals surface area contributed by atoms with Crippen molar-refractivity contribution in [2.45, 2.75) is 11.2 Å². The predicted octanol–water partition coefficient (Wildman–Crippen LogP) is -0.376. The molecule has 3 atom stereocenters. The van der Waals surface area contributed by atoms with Crippen LogP contribution in [0.2, 0.25) is 0 Å². The second-order valence-electron chi connectivity index (χ2n) is 4.64. The van der Waals surface area contributed by atoms with Crippen molar-refractivity contribution in [2.24, 2.45) is 17.8 Å². The first-order chi connectivity index (χ1) is 8.64. The Balaban J connectivity index is 2.70. The van der Waals surface area contributed by atoms with E-state index in [0.29, 0.717) is 6.42 Å². The molecule has 0 aromatic heterocycles. The minimum Gasteiger partial charge on any atom is -0.480 e. The quantitative estimate of drug-likeness (QED) is 0.312. The normalized spacial score (nSPS) is 29.7. The van der Waals surface area contributed by atoms with Crippen LogP contribution in [-0.2, 0) is 19.7 Å². The van der Waals surface area contributed by atoms with Gasteiger partial charge >= 0.3 is 11.9 Å². The minimum absolute atomic E-state index is 0.282. The van der Waals surface area contributed by atoms with Gasteiger partial charge in [0.25, 0.3) is 14.9 Å². The summed E-state index contributed by atoms with van der Waals surface area (Å²) in [5.41, 5.74) is -0.282. The lowest BCUT2D eigenvalue weighted by molar-refractivity contribution is -0.154. The van der Waals surface area contributed by atoms with E-state index in [0.717, 1.165) is 0 Å². The van der Waals surface area contributed by atoms with E-state index < -0.39 is 44.6 Å². The molecule has 19 heavy (non-hydrogen) atoms. The highest BCUT2D eigenvalue weighted by atomic mass is 32.2. The summed E-state index contributed by atoms with van der Waals surface area (Å²) < 4.78 is 28.6. The maximum atomic E-state index is 11.4. The molecule has 0 radical (unpaired) electrons. The van der Waals surface area contributed by atoms with E-state index in [1.165, 1.54) is 6.08 Å². The summed E-state index contributed by atoms with van der Waals surface area (Å²) in [7, 11) is -5.44. The standard InChI is InChI=1S/C10H11NO7S/c11-7-5-2-1-4(3-5)6(7)10(8(12)13,9(14)15)19(16,17)18/h1-2,4-6,11H,3H2,(H,12,13)(H,14,15)(H,16,17,18). The Morgan fingerprint density at radius 1 is 1.26 bits per heavy atom. The smallest absolute Gasteiger partial charge is 0.340 e. The Morgan fingerprint density at radius 3 is 2.11 bits per heavy atom. The fourth-order valence-electron chi connectivity index (χ4n) is 2.93. The van der Waals surface area contributed by atoms with Crippen LogP contribution in [0.15, 0.2) is 12.2 Å². The summed E-state index contributed by atoms with van der Waals surface area (Å²) in [6, 6.07) is 0. The summed E-state index contributed by atoms with van der Waals surface area (Å²) in [6.45, 7) is 0. The maximum Gasteiger partial charge on any atom is 0.340 e. The van der Waals surface area contributed by atoms with E-state index in [1.54, 1.807) is 6.08 Å². The van der Waals surface area contributed by atoms with Gasteiger partial charge in [-0.05, 0) is 12.3 Å². The van der Waals surface area contributed by atoms with Gasteiger partial charge < -0.3 is 15.6 Å². The molecule has 1 fully saturated rings. The SMILES string of the molecule is N=C1C2C=CC(C2)C1C(C(=O)O)(C(=O)O)S(=O)(=O)O. The third-order valence-electron chi connectivity index (χ3n) is 3.76. The van der Waals surface area contributed by atoms with Gasteiger partial charge in [-0.3, -0.25) is 4.55 Å². The van der Waals surface area contributed by atoms with Crippen LogP contribution >= 0.6 is 0 Å². The highest BCUT2D eigenvalue weighted by Crippen LogP contribution is 2.48. The molecule has 9 heteroatoms. The second-order valence-corrected chi connectivity index (χ2v) is 6.24. The van der Waals surface area contributed by atoms with Crippen molar-refractivity contribution in [1.29, 1.82) is 5.41 Å². The molecule has 8 nitrogen and oxygen atoms in total. The second kappa shape index (κ2) is 3.87. The molecule has 2 rings (SSSR count). The Morgan fingerprint density at radius 2 is 1.79 bits per heavy atom. The molecule has 0 spiro atoms. The van der Waals surface area contributed by atoms with Gasteiger partial charge in [0.1, 0.15) is 0 Å². The van der Waals surface area contributed by atoms with Gasteiger partial charge in [0.2, 0.25) is 0 Å². The number of carbonyl (C=O) groups is 2. The van der Waals surface area contributed by atoms with Crippen molar-refractivity contribution in [3.8, 4) is 0 Å². The Kier molecular flexibility index (Phi) is 2.79. The zero-order valence-corrected chi connectivity index (χ0v) is 10.3. The molecule has 104 valence electrons. The van der Waals surface area contributed by atoms with Crippen molar-refractivity contribution in [3.05, 3.63) is 12.2 Å². The molecule has 0 aliphatic heterocycles. The van der Waals surface area contributed by atoms with Crippen molar-refractivity contribution in [2.75, 3.05) is 0 Å². The highest BCUT2D eigenvalue weighted by molar-refractivity contribution is 7.89. The van der Waals surface area contributed by atoms with Gasteiger partial charge in [0.05, 0.1) is 0 Å². The molecule has 0 aromatic carbocycles. The molecule has 2 bridgehead atoms. The third-order valence-corrected chi connectivity index (χ3v) is 5.18. The summed E-state index contributed by atoms with van der Waals surface area (Å²) in [6.07, 6.45) is 3.41. The van der Waals surface area contributed by atoms with Crippen LogP contribution in [0.5, 0.6) is 0 Å². The number of carboxylic acids is 2. The molecule has 0 saturated heterocycles. The van der Waals surface area contributed by atoms with E-state index in [1.807, 2.05) is 0 Å². The molecule has 3 unspecified atom stereocenters. The largest absolute Gasteiger partial charge is 0.480 e. The average Bonchev–Trinajstić information content (AvgIpc) is 2.79. The number of allylic oxidation sites excluding steroid dienone is 2. The van der Waals surface area contributed by atoms with Gasteiger partial charge in [-0.1, -0.05) is 12.2 Å². The number of fused-ring (bicyclic) bond motifs is 2. The Labute approximate surface area is 108 Å². The van der Waals surface area contributed by atoms with Crippen molar-refractivity contribution < 1.29 is 32.8 Å². The summed E-state index contributed by atoms with van der Waals surface area (Å²) in [5.74, 6) is -7.11. The van der Waals surface area contributed by atoms with Gasteiger partial charge in [-0.2, -0.15) is 8.42 Å². The zero-order valence-electron chi connectivity index (χ0n) is 9.48. The van der Waals surface area contributed by atoms with E-state index in [-0.39, 0.29) is 5.71 Å². The summed E-state index contributed by atoms with van der Waals surface area (Å²) >= 11 is 0. The molecule has 4 N–H and O–H groups in total. The van der Waals surface area contributed by atoms with Crippen LogP contribution in [0.4, 0.5) is 0 Å². The molecule has 2 aliphatic rings. The lowest BCUT2D eigenvalue weighted by Crippen LogP contribution is -2.61. The van der Waals surface area contributed by atoms with Crippen LogP contribution in [-0.4, -0.2) is 45.6 Å². The number of carboxylic acid groups (broad SMARTS) is 2. The highest BCUT2D eigenvalue weighted by Gasteiger charge is 2.69. The number of hydrogen-bond acceptors (Lipinski definition) is 5. The monoisotopic (exact) mass is 289 g/mol. The van der Waals surface area contributed by atoms with Gasteiger partial charge in [0.15, 0.2) is 0 Å². The maximum absolute atomic E-state index is 11.4. The van der Waals surface area contributed by atoms with Crippen molar-refractivity contribution >= 4 is 27.8 Å². The molecule has 1 saturated carbocycles. The fraction of sp³-hybridized carbons (Fsp3) is 0.500. The summed E-state index contributed by atoms with van der Waals surface area (Å²) in [5, 5.41) is 26.0. The number of aliphatic carboxylic acids is 2.